The number of aromatic nitrogens is 2. The summed E-state index contributed by atoms with van der Waals surface area (Å²) in [6.45, 7) is 6.27. The molecule has 1 saturated heterocycles. The van der Waals surface area contributed by atoms with Gasteiger partial charge in [-0.1, -0.05) is 23.7 Å². The van der Waals surface area contributed by atoms with Gasteiger partial charge in [-0.3, -0.25) is 4.72 Å². The van der Waals surface area contributed by atoms with Gasteiger partial charge in [0, 0.05) is 18.1 Å². The fourth-order valence-electron chi connectivity index (χ4n) is 2.74. The van der Waals surface area contributed by atoms with E-state index in [-0.39, 0.29) is 5.75 Å². The molecule has 26 heavy (non-hydrogen) atoms. The van der Waals surface area contributed by atoms with Crippen LogP contribution in [-0.2, 0) is 20.5 Å². The number of nitrogens with zero attached hydrogens (tertiary/aromatic N) is 3. The third-order valence-corrected chi connectivity index (χ3v) is 5.56. The average Bonchev–Trinajstić information content (AvgIpc) is 2.60. The van der Waals surface area contributed by atoms with Gasteiger partial charge in [0.25, 0.3) is 0 Å². The lowest BCUT2D eigenvalue weighted by molar-refractivity contribution is 0.122. The molecule has 7 nitrogen and oxygen atoms in total. The summed E-state index contributed by atoms with van der Waals surface area (Å²) in [4.78, 5) is 11.0. The zero-order chi connectivity index (χ0) is 18.7. The highest BCUT2D eigenvalue weighted by atomic mass is 35.5. The topological polar surface area (TPSA) is 84.4 Å². The van der Waals surface area contributed by atoms with Gasteiger partial charge in [0.1, 0.15) is 0 Å². The Kier molecular flexibility index (Phi) is 5.64. The standard InChI is InChI=1S/C17H21ClN4O3S/c1-12-16(13(2)20-17(19-12)22-7-9-25-10-8-22)21-26(23,24)11-14-3-5-15(18)6-4-14/h3-6,21H,7-11H2,1-2H3. The zero-order valence-corrected chi connectivity index (χ0v) is 16.3. The first kappa shape index (κ1) is 18.9. The van der Waals surface area contributed by atoms with Crippen LogP contribution in [0.4, 0.5) is 11.6 Å². The lowest BCUT2D eigenvalue weighted by Crippen LogP contribution is -2.37. The van der Waals surface area contributed by atoms with Crippen LogP contribution in [0, 0.1) is 13.8 Å². The summed E-state index contributed by atoms with van der Waals surface area (Å²) in [5.41, 5.74) is 2.27. The molecule has 0 unspecified atom stereocenters. The van der Waals surface area contributed by atoms with Gasteiger partial charge in [0.05, 0.1) is 36.0 Å². The van der Waals surface area contributed by atoms with Crippen LogP contribution in [0.15, 0.2) is 24.3 Å². The van der Waals surface area contributed by atoms with E-state index >= 15 is 0 Å². The van der Waals surface area contributed by atoms with Crippen molar-refractivity contribution in [2.24, 2.45) is 0 Å². The third kappa shape index (κ3) is 4.63. The van der Waals surface area contributed by atoms with Crippen LogP contribution < -0.4 is 9.62 Å². The number of rotatable bonds is 5. The first-order valence-corrected chi connectivity index (χ1v) is 10.3. The maximum Gasteiger partial charge on any atom is 0.237 e. The highest BCUT2D eigenvalue weighted by Crippen LogP contribution is 2.23. The van der Waals surface area contributed by atoms with Gasteiger partial charge < -0.3 is 9.64 Å². The Bertz CT molecular complexity index is 858. The van der Waals surface area contributed by atoms with E-state index in [9.17, 15) is 8.42 Å². The van der Waals surface area contributed by atoms with Gasteiger partial charge in [-0.05, 0) is 31.5 Å². The van der Waals surface area contributed by atoms with Crippen molar-refractivity contribution in [1.29, 1.82) is 0 Å². The molecular formula is C17H21ClN4O3S. The molecule has 0 saturated carbocycles. The van der Waals surface area contributed by atoms with E-state index in [1.807, 2.05) is 4.90 Å². The summed E-state index contributed by atoms with van der Waals surface area (Å²) >= 11 is 5.84. The maximum atomic E-state index is 12.5. The van der Waals surface area contributed by atoms with E-state index in [1.165, 1.54) is 0 Å². The third-order valence-electron chi connectivity index (χ3n) is 4.08. The van der Waals surface area contributed by atoms with Gasteiger partial charge in [0.2, 0.25) is 16.0 Å². The zero-order valence-electron chi connectivity index (χ0n) is 14.7. The number of hydrogen-bond acceptors (Lipinski definition) is 6. The van der Waals surface area contributed by atoms with Crippen LogP contribution in [0.25, 0.3) is 0 Å². The number of hydrogen-bond donors (Lipinski definition) is 1. The normalized spacial score (nSPS) is 15.1. The minimum absolute atomic E-state index is 0.145. The second-order valence-corrected chi connectivity index (χ2v) is 8.32. The van der Waals surface area contributed by atoms with Crippen LogP contribution in [0.1, 0.15) is 17.0 Å². The lowest BCUT2D eigenvalue weighted by atomic mass is 10.2. The van der Waals surface area contributed by atoms with E-state index in [2.05, 4.69) is 14.7 Å². The van der Waals surface area contributed by atoms with Crippen molar-refractivity contribution in [2.45, 2.75) is 19.6 Å². The molecule has 2 heterocycles. The number of halogens is 1. The van der Waals surface area contributed by atoms with Crippen molar-refractivity contribution in [2.75, 3.05) is 35.9 Å². The lowest BCUT2D eigenvalue weighted by Gasteiger charge is -2.27. The first-order chi connectivity index (χ1) is 12.3. The first-order valence-electron chi connectivity index (χ1n) is 8.27. The molecule has 0 radical (unpaired) electrons. The minimum atomic E-state index is -3.59. The minimum Gasteiger partial charge on any atom is -0.378 e. The summed E-state index contributed by atoms with van der Waals surface area (Å²) in [5.74, 6) is 0.456. The van der Waals surface area contributed by atoms with Crippen LogP contribution >= 0.6 is 11.6 Å². The Morgan fingerprint density at radius 1 is 1.12 bits per heavy atom. The van der Waals surface area contributed by atoms with Crippen molar-refractivity contribution in [3.05, 3.63) is 46.2 Å². The predicted octanol–water partition coefficient (Wildman–Crippen LogP) is 2.53. The largest absolute Gasteiger partial charge is 0.378 e. The van der Waals surface area contributed by atoms with Crippen molar-refractivity contribution < 1.29 is 13.2 Å². The van der Waals surface area contributed by atoms with Crippen molar-refractivity contribution in [3.63, 3.8) is 0 Å². The molecule has 1 aliphatic heterocycles. The molecule has 0 spiro atoms. The summed E-state index contributed by atoms with van der Waals surface area (Å²) < 4.78 is 33.0. The van der Waals surface area contributed by atoms with Crippen molar-refractivity contribution in [1.82, 2.24) is 9.97 Å². The SMILES string of the molecule is Cc1nc(N2CCOCC2)nc(C)c1NS(=O)(=O)Cc1ccc(Cl)cc1. The number of nitrogens with one attached hydrogen (secondary N) is 1. The molecule has 1 aromatic carbocycles. The Morgan fingerprint density at radius 2 is 1.69 bits per heavy atom. The fourth-order valence-corrected chi connectivity index (χ4v) is 4.18. The van der Waals surface area contributed by atoms with Gasteiger partial charge in [-0.15, -0.1) is 0 Å². The molecule has 0 atom stereocenters. The monoisotopic (exact) mass is 396 g/mol. The number of aryl methyl sites for hydroxylation is 2. The second-order valence-electron chi connectivity index (χ2n) is 6.16. The van der Waals surface area contributed by atoms with Gasteiger partial charge in [0.15, 0.2) is 0 Å². The van der Waals surface area contributed by atoms with E-state index in [0.29, 0.717) is 46.8 Å². The van der Waals surface area contributed by atoms with Gasteiger partial charge in [-0.25, -0.2) is 18.4 Å². The van der Waals surface area contributed by atoms with Gasteiger partial charge >= 0.3 is 0 Å². The fraction of sp³-hybridized carbons (Fsp3) is 0.412. The van der Waals surface area contributed by atoms with E-state index in [0.717, 1.165) is 13.1 Å². The smallest absolute Gasteiger partial charge is 0.237 e. The number of anilines is 2. The van der Waals surface area contributed by atoms with Crippen LogP contribution in [0.3, 0.4) is 0 Å². The summed E-state index contributed by atoms with van der Waals surface area (Å²) in [5, 5.41) is 0.567. The highest BCUT2D eigenvalue weighted by molar-refractivity contribution is 7.91. The maximum absolute atomic E-state index is 12.5. The Hall–Kier alpha value is -1.90. The van der Waals surface area contributed by atoms with Crippen molar-refractivity contribution >= 4 is 33.3 Å². The Labute approximate surface area is 158 Å². The molecule has 1 aromatic heterocycles. The van der Waals surface area contributed by atoms with Gasteiger partial charge in [-0.2, -0.15) is 0 Å². The highest BCUT2D eigenvalue weighted by Gasteiger charge is 2.20. The van der Waals surface area contributed by atoms with E-state index in [4.69, 9.17) is 16.3 Å². The predicted molar refractivity (Wildman–Crippen MR) is 102 cm³/mol. The van der Waals surface area contributed by atoms with Crippen LogP contribution in [-0.4, -0.2) is 44.7 Å². The average molecular weight is 397 g/mol. The molecule has 3 rings (SSSR count). The molecule has 1 N–H and O–H groups in total. The molecule has 140 valence electrons. The molecule has 0 amide bonds. The van der Waals surface area contributed by atoms with Crippen molar-refractivity contribution in [3.8, 4) is 0 Å². The molecular weight excluding hydrogens is 376 g/mol. The van der Waals surface area contributed by atoms with Crippen LogP contribution in [0.2, 0.25) is 5.02 Å². The molecule has 1 aliphatic rings. The molecule has 9 heteroatoms. The molecule has 1 fully saturated rings. The molecule has 0 bridgehead atoms. The summed E-state index contributed by atoms with van der Waals surface area (Å²) in [7, 11) is -3.59. The Balaban J connectivity index is 1.79. The van der Waals surface area contributed by atoms with E-state index in [1.54, 1.807) is 38.1 Å². The van der Waals surface area contributed by atoms with Crippen LogP contribution in [0.5, 0.6) is 0 Å². The van der Waals surface area contributed by atoms with E-state index < -0.39 is 10.0 Å². The number of benzene rings is 1. The Morgan fingerprint density at radius 3 is 2.27 bits per heavy atom. The number of sulfonamides is 1. The second kappa shape index (κ2) is 7.77. The molecule has 0 aliphatic carbocycles. The number of morpholine rings is 1. The summed E-state index contributed by atoms with van der Waals surface area (Å²) in [6, 6.07) is 6.73. The number of ether oxygens (including phenoxy) is 1. The quantitative estimate of drug-likeness (QED) is 0.835. The summed E-state index contributed by atoms with van der Waals surface area (Å²) in [6.07, 6.45) is 0. The molecule has 2 aromatic rings.